The Labute approximate surface area is 174 Å². The summed E-state index contributed by atoms with van der Waals surface area (Å²) >= 11 is 6.01. The molecular formula is C19H15ClFN3O6. The van der Waals surface area contributed by atoms with Crippen molar-refractivity contribution in [2.24, 2.45) is 0 Å². The Morgan fingerprint density at radius 3 is 2.73 bits per heavy atom. The van der Waals surface area contributed by atoms with Gasteiger partial charge in [0.15, 0.2) is 6.61 Å². The number of furan rings is 1. The second-order valence-corrected chi connectivity index (χ2v) is 6.35. The highest BCUT2D eigenvalue weighted by Gasteiger charge is 2.27. The van der Waals surface area contributed by atoms with E-state index in [-0.39, 0.29) is 34.1 Å². The van der Waals surface area contributed by atoms with E-state index in [4.69, 9.17) is 25.3 Å². The quantitative estimate of drug-likeness (QED) is 0.569. The van der Waals surface area contributed by atoms with Gasteiger partial charge in [-0.2, -0.15) is 0 Å². The van der Waals surface area contributed by atoms with Crippen LogP contribution in [0.5, 0.6) is 0 Å². The van der Waals surface area contributed by atoms with E-state index in [2.05, 4.69) is 10.5 Å². The summed E-state index contributed by atoms with van der Waals surface area (Å²) in [6, 6.07) is 6.46. The van der Waals surface area contributed by atoms with Gasteiger partial charge in [-0.1, -0.05) is 22.8 Å². The number of carbonyl (C=O) groups excluding carboxylic acids is 3. The van der Waals surface area contributed by atoms with E-state index in [1.54, 1.807) is 12.1 Å². The molecule has 0 saturated heterocycles. The van der Waals surface area contributed by atoms with Crippen molar-refractivity contribution in [3.8, 4) is 11.3 Å². The van der Waals surface area contributed by atoms with Gasteiger partial charge in [0, 0.05) is 0 Å². The van der Waals surface area contributed by atoms with Gasteiger partial charge in [-0.25, -0.2) is 14.0 Å². The molecule has 156 valence electrons. The molecule has 0 aliphatic carbocycles. The molecule has 0 spiro atoms. The van der Waals surface area contributed by atoms with Gasteiger partial charge in [-0.15, -0.1) is 0 Å². The van der Waals surface area contributed by atoms with Gasteiger partial charge >= 0.3 is 12.0 Å². The van der Waals surface area contributed by atoms with Crippen LogP contribution in [0.15, 0.2) is 45.5 Å². The number of nitrogens with one attached hydrogen (secondary N) is 2. The molecule has 2 heterocycles. The number of nitrogens with zero attached hydrogens (tertiary/aromatic N) is 1. The van der Waals surface area contributed by atoms with Crippen LogP contribution in [-0.4, -0.2) is 29.7 Å². The van der Waals surface area contributed by atoms with E-state index in [0.717, 1.165) is 6.07 Å². The van der Waals surface area contributed by atoms with E-state index >= 15 is 0 Å². The summed E-state index contributed by atoms with van der Waals surface area (Å²) in [4.78, 5) is 36.0. The number of aromatic nitrogens is 1. The molecule has 2 N–H and O–H groups in total. The minimum atomic E-state index is -0.991. The highest BCUT2D eigenvalue weighted by Crippen LogP contribution is 2.33. The predicted octanol–water partition coefficient (Wildman–Crippen LogP) is 3.22. The van der Waals surface area contributed by atoms with E-state index in [1.807, 2.05) is 5.32 Å². The maximum absolute atomic E-state index is 14.2. The second-order valence-electron chi connectivity index (χ2n) is 5.95. The van der Waals surface area contributed by atoms with E-state index < -0.39 is 30.3 Å². The van der Waals surface area contributed by atoms with Gasteiger partial charge in [0.05, 0.1) is 23.4 Å². The number of esters is 1. The number of halogens is 2. The molecule has 3 amide bonds. The van der Waals surface area contributed by atoms with Crippen LogP contribution in [0.2, 0.25) is 5.02 Å². The Kier molecular flexibility index (Phi) is 6.48. The molecule has 0 radical (unpaired) electrons. The first kappa shape index (κ1) is 21.1. The van der Waals surface area contributed by atoms with Gasteiger partial charge in [0.2, 0.25) is 0 Å². The third-order valence-electron chi connectivity index (χ3n) is 3.86. The molecule has 0 bridgehead atoms. The predicted molar refractivity (Wildman–Crippen MR) is 101 cm³/mol. The maximum atomic E-state index is 14.2. The van der Waals surface area contributed by atoms with Crippen LogP contribution >= 0.6 is 11.6 Å². The van der Waals surface area contributed by atoms with Crippen molar-refractivity contribution in [2.75, 3.05) is 6.61 Å². The lowest BCUT2D eigenvalue weighted by Gasteiger charge is -2.08. The zero-order valence-electron chi connectivity index (χ0n) is 15.5. The van der Waals surface area contributed by atoms with Crippen LogP contribution in [-0.2, 0) is 16.1 Å². The summed E-state index contributed by atoms with van der Waals surface area (Å²) in [5.74, 6) is -2.04. The summed E-state index contributed by atoms with van der Waals surface area (Å²) in [6.07, 6.45) is 1.44. The lowest BCUT2D eigenvalue weighted by Crippen LogP contribution is -2.41. The van der Waals surface area contributed by atoms with Gasteiger partial charge in [-0.3, -0.25) is 10.1 Å². The van der Waals surface area contributed by atoms with E-state index in [0.29, 0.717) is 5.76 Å². The molecule has 1 aromatic carbocycles. The third-order valence-corrected chi connectivity index (χ3v) is 4.17. The van der Waals surface area contributed by atoms with Crippen molar-refractivity contribution < 1.29 is 32.5 Å². The van der Waals surface area contributed by atoms with Crippen LogP contribution in [0.3, 0.4) is 0 Å². The second kappa shape index (κ2) is 9.23. The number of hydrogen-bond acceptors (Lipinski definition) is 7. The zero-order chi connectivity index (χ0) is 21.7. The average molecular weight is 436 g/mol. The largest absolute Gasteiger partial charge is 0.467 e. The Morgan fingerprint density at radius 1 is 1.23 bits per heavy atom. The number of rotatable bonds is 6. The molecule has 0 aliphatic rings. The summed E-state index contributed by atoms with van der Waals surface area (Å²) in [6.45, 7) is 0.727. The Bertz CT molecular complexity index is 1060. The highest BCUT2D eigenvalue weighted by atomic mass is 35.5. The standard InChI is InChI=1S/C19H15ClFN3O6/c1-10-15(17(24-30-10)16-12(20)5-2-6-13(16)21)18(26)29-9-14(25)23-19(27)22-8-11-4-3-7-28-11/h2-7H,8-9H2,1H3,(H2,22,23,25,27). The lowest BCUT2D eigenvalue weighted by atomic mass is 10.1. The molecule has 0 saturated carbocycles. The first-order valence-electron chi connectivity index (χ1n) is 8.54. The molecule has 9 nitrogen and oxygen atoms in total. The average Bonchev–Trinajstić information content (AvgIpc) is 3.34. The zero-order valence-corrected chi connectivity index (χ0v) is 16.3. The van der Waals surface area contributed by atoms with Crippen molar-refractivity contribution >= 4 is 29.5 Å². The maximum Gasteiger partial charge on any atom is 0.344 e. The van der Waals surface area contributed by atoms with E-state index in [9.17, 15) is 18.8 Å². The monoisotopic (exact) mass is 435 g/mol. The molecule has 11 heteroatoms. The van der Waals surface area contributed by atoms with Gasteiger partial charge in [0.1, 0.15) is 28.6 Å². The topological polar surface area (TPSA) is 124 Å². The molecule has 30 heavy (non-hydrogen) atoms. The number of amides is 3. The highest BCUT2D eigenvalue weighted by molar-refractivity contribution is 6.33. The smallest absolute Gasteiger partial charge is 0.344 e. The molecule has 3 rings (SSSR count). The Morgan fingerprint density at radius 2 is 2.03 bits per heavy atom. The molecule has 0 unspecified atom stereocenters. The fourth-order valence-electron chi connectivity index (χ4n) is 2.50. The van der Waals surface area contributed by atoms with Gasteiger partial charge in [-0.05, 0) is 31.2 Å². The fourth-order valence-corrected chi connectivity index (χ4v) is 2.75. The van der Waals surface area contributed by atoms with Crippen LogP contribution < -0.4 is 10.6 Å². The molecule has 0 atom stereocenters. The summed E-state index contributed by atoms with van der Waals surface area (Å²) in [5.41, 5.74) is -0.473. The van der Waals surface area contributed by atoms with Gasteiger partial charge in [0.25, 0.3) is 5.91 Å². The number of ether oxygens (including phenoxy) is 1. The third kappa shape index (κ3) is 4.84. The molecule has 2 aromatic heterocycles. The van der Waals surface area contributed by atoms with Crippen LogP contribution in [0.1, 0.15) is 21.9 Å². The lowest BCUT2D eigenvalue weighted by molar-refractivity contribution is -0.123. The number of urea groups is 1. The molecular weight excluding hydrogens is 421 g/mol. The first-order chi connectivity index (χ1) is 14.4. The first-order valence-corrected chi connectivity index (χ1v) is 8.92. The SMILES string of the molecule is Cc1onc(-c2c(F)cccc2Cl)c1C(=O)OCC(=O)NC(=O)NCc1ccco1. The van der Waals surface area contributed by atoms with Crippen molar-refractivity contribution in [3.63, 3.8) is 0 Å². The summed E-state index contributed by atoms with van der Waals surface area (Å²) in [5, 5.41) is 8.09. The number of hydrogen-bond donors (Lipinski definition) is 2. The van der Waals surface area contributed by atoms with Crippen LogP contribution in [0.4, 0.5) is 9.18 Å². The molecule has 0 aliphatic heterocycles. The van der Waals surface area contributed by atoms with Crippen molar-refractivity contribution in [2.45, 2.75) is 13.5 Å². The van der Waals surface area contributed by atoms with Crippen LogP contribution in [0.25, 0.3) is 11.3 Å². The minimum absolute atomic E-state index is 0.0170. The number of aryl methyl sites for hydroxylation is 1. The minimum Gasteiger partial charge on any atom is -0.467 e. The van der Waals surface area contributed by atoms with Gasteiger partial charge < -0.3 is 19.0 Å². The molecule has 0 fully saturated rings. The number of benzene rings is 1. The van der Waals surface area contributed by atoms with Crippen molar-refractivity contribution in [1.82, 2.24) is 15.8 Å². The summed E-state index contributed by atoms with van der Waals surface area (Å²) in [7, 11) is 0. The van der Waals surface area contributed by atoms with Crippen molar-refractivity contribution in [1.29, 1.82) is 0 Å². The van der Waals surface area contributed by atoms with E-state index in [1.165, 1.54) is 25.3 Å². The normalized spacial score (nSPS) is 10.5. The van der Waals surface area contributed by atoms with Crippen molar-refractivity contribution in [3.05, 3.63) is 64.5 Å². The Hall–Kier alpha value is -3.66. The number of carbonyl (C=O) groups is 3. The fraction of sp³-hybridized carbons (Fsp3) is 0.158. The number of imide groups is 1. The van der Waals surface area contributed by atoms with Crippen LogP contribution in [0, 0.1) is 12.7 Å². The Balaban J connectivity index is 1.61. The molecule has 3 aromatic rings. The summed E-state index contributed by atoms with van der Waals surface area (Å²) < 4.78 is 29.1.